The first-order valence-electron chi connectivity index (χ1n) is 12.2. The number of hydrogen-bond acceptors (Lipinski definition) is 6. The second-order valence-electron chi connectivity index (χ2n) is 10.2. The highest BCUT2D eigenvalue weighted by Gasteiger charge is 2.27. The van der Waals surface area contributed by atoms with Gasteiger partial charge in [0.15, 0.2) is 0 Å². The molecule has 1 unspecified atom stereocenters. The van der Waals surface area contributed by atoms with E-state index in [1.165, 1.54) is 23.0 Å². The molecular formula is C27H30F3N5O3. The van der Waals surface area contributed by atoms with Gasteiger partial charge in [-0.15, -0.1) is 0 Å². The number of halogens is 3. The van der Waals surface area contributed by atoms with Gasteiger partial charge < -0.3 is 15.0 Å². The summed E-state index contributed by atoms with van der Waals surface area (Å²) in [5.41, 5.74) is -0.211. The van der Waals surface area contributed by atoms with Crippen LogP contribution in [0.25, 0.3) is 16.6 Å². The van der Waals surface area contributed by atoms with E-state index in [2.05, 4.69) is 15.3 Å². The van der Waals surface area contributed by atoms with Crippen LogP contribution in [-0.4, -0.2) is 44.2 Å². The number of fused-ring (bicyclic) bond motifs is 1. The molecule has 11 heteroatoms. The van der Waals surface area contributed by atoms with Gasteiger partial charge in [-0.25, -0.2) is 27.9 Å². The Balaban J connectivity index is 1.70. The topological polar surface area (TPSA) is 89.4 Å². The van der Waals surface area contributed by atoms with Gasteiger partial charge in [-0.2, -0.15) is 0 Å². The fraction of sp³-hybridized carbons (Fsp3) is 0.407. The summed E-state index contributed by atoms with van der Waals surface area (Å²) in [6.07, 6.45) is 0.320. The summed E-state index contributed by atoms with van der Waals surface area (Å²) in [7, 11) is 1.58. The second-order valence-corrected chi connectivity index (χ2v) is 10.2. The zero-order valence-corrected chi connectivity index (χ0v) is 21.9. The summed E-state index contributed by atoms with van der Waals surface area (Å²) in [5.74, 6) is -0.676. The third kappa shape index (κ3) is 5.51. The second kappa shape index (κ2) is 10.5. The van der Waals surface area contributed by atoms with Crippen LogP contribution in [-0.2, 0) is 11.8 Å². The minimum atomic E-state index is -2.94. The van der Waals surface area contributed by atoms with Gasteiger partial charge in [-0.3, -0.25) is 9.36 Å². The van der Waals surface area contributed by atoms with Crippen molar-refractivity contribution >= 4 is 28.5 Å². The molecule has 3 aromatic rings. The molecule has 38 heavy (non-hydrogen) atoms. The minimum Gasteiger partial charge on any atom is -0.444 e. The van der Waals surface area contributed by atoms with Crippen LogP contribution in [0.2, 0.25) is 0 Å². The van der Waals surface area contributed by atoms with Gasteiger partial charge in [0.25, 0.3) is 12.0 Å². The molecule has 202 valence electrons. The highest BCUT2D eigenvalue weighted by atomic mass is 19.3. The molecule has 1 N–H and O–H groups in total. The third-order valence-electron chi connectivity index (χ3n) is 6.27. The molecular weight excluding hydrogens is 499 g/mol. The smallest absolute Gasteiger partial charge is 0.410 e. The molecule has 0 saturated carbocycles. The maximum Gasteiger partial charge on any atom is 0.410 e. The average Bonchev–Trinajstić information content (AvgIpc) is 2.85. The number of rotatable bonds is 5. The first kappa shape index (κ1) is 27.2. The van der Waals surface area contributed by atoms with E-state index in [0.717, 1.165) is 6.07 Å². The molecule has 0 aliphatic carbocycles. The van der Waals surface area contributed by atoms with E-state index in [4.69, 9.17) is 4.74 Å². The number of hydrogen-bond donors (Lipinski definition) is 1. The average molecular weight is 530 g/mol. The van der Waals surface area contributed by atoms with Crippen LogP contribution < -0.4 is 10.9 Å². The van der Waals surface area contributed by atoms with Crippen molar-refractivity contribution in [2.24, 2.45) is 7.05 Å². The van der Waals surface area contributed by atoms with E-state index in [-0.39, 0.29) is 17.7 Å². The number of nitrogens with one attached hydrogen (secondary N) is 1. The Morgan fingerprint density at radius 1 is 1.18 bits per heavy atom. The summed E-state index contributed by atoms with van der Waals surface area (Å²) in [5, 5.41) is 3.57. The molecule has 0 bridgehead atoms. The van der Waals surface area contributed by atoms with Crippen molar-refractivity contribution in [1.29, 1.82) is 0 Å². The van der Waals surface area contributed by atoms with Crippen LogP contribution in [0.1, 0.15) is 63.3 Å². The molecule has 1 aromatic carbocycles. The van der Waals surface area contributed by atoms with Crippen LogP contribution in [0.15, 0.2) is 41.5 Å². The van der Waals surface area contributed by atoms with Crippen molar-refractivity contribution in [2.75, 3.05) is 18.4 Å². The summed E-state index contributed by atoms with van der Waals surface area (Å²) >= 11 is 0. The monoisotopic (exact) mass is 529 g/mol. The van der Waals surface area contributed by atoms with Crippen LogP contribution in [0.4, 0.5) is 23.8 Å². The number of anilines is 1. The number of ether oxygens (including phenoxy) is 1. The number of carbonyl (C=O) groups excluding carboxylic acids is 1. The van der Waals surface area contributed by atoms with Crippen LogP contribution in [0.3, 0.4) is 0 Å². The van der Waals surface area contributed by atoms with Crippen molar-refractivity contribution < 1.29 is 22.7 Å². The van der Waals surface area contributed by atoms with Crippen LogP contribution >= 0.6 is 0 Å². The number of aryl methyl sites for hydroxylation is 1. The number of aromatic nitrogens is 3. The first-order chi connectivity index (χ1) is 17.9. The Morgan fingerprint density at radius 3 is 2.58 bits per heavy atom. The number of nitrogens with zero attached hydrogens (tertiary/aromatic N) is 4. The minimum absolute atomic E-state index is 0.0580. The molecule has 8 nitrogen and oxygen atoms in total. The van der Waals surface area contributed by atoms with E-state index >= 15 is 0 Å². The first-order valence-corrected chi connectivity index (χ1v) is 12.2. The zero-order chi connectivity index (χ0) is 27.8. The molecule has 1 atom stereocenters. The lowest BCUT2D eigenvalue weighted by Gasteiger charge is -2.30. The quantitative estimate of drug-likeness (QED) is 0.463. The predicted octanol–water partition coefficient (Wildman–Crippen LogP) is 5.60. The standard InChI is InChI=1S/C27H30F3N5O3/c1-15(17-9-6-10-18(21(17)28)22(29)30)33-23-20-12-19(25(36)34(5)24(20)32-14-31-23)16-8-7-11-35(13-16)26(37)38-27(2,3)4/h6,8-10,12,14-15,22H,7,11,13H2,1-5H3,(H,31,32,33). The number of carbonyl (C=O) groups is 1. The van der Waals surface area contributed by atoms with Crippen molar-refractivity contribution in [1.82, 2.24) is 19.4 Å². The van der Waals surface area contributed by atoms with Gasteiger partial charge in [0.05, 0.1) is 17.0 Å². The SMILES string of the molecule is CC(Nc1ncnc2c1cc(C1=CCCN(C(=O)OC(C)(C)C)C1)c(=O)n2C)c1cccc(C(F)F)c1F. The van der Waals surface area contributed by atoms with Crippen LogP contribution in [0, 0.1) is 5.82 Å². The molecule has 0 radical (unpaired) electrons. The van der Waals surface area contributed by atoms with E-state index in [9.17, 15) is 22.8 Å². The Labute approximate surface area is 218 Å². The summed E-state index contributed by atoms with van der Waals surface area (Å²) < 4.78 is 48.1. The Bertz CT molecular complexity index is 1460. The molecule has 4 rings (SSSR count). The third-order valence-corrected chi connectivity index (χ3v) is 6.27. The fourth-order valence-corrected chi connectivity index (χ4v) is 4.39. The normalized spacial score (nSPS) is 15.0. The molecule has 3 heterocycles. The highest BCUT2D eigenvalue weighted by Crippen LogP contribution is 2.31. The lowest BCUT2D eigenvalue weighted by atomic mass is 10.0. The lowest BCUT2D eigenvalue weighted by Crippen LogP contribution is -2.40. The van der Waals surface area contributed by atoms with Crippen molar-refractivity contribution in [3.8, 4) is 0 Å². The van der Waals surface area contributed by atoms with Crippen molar-refractivity contribution in [3.05, 3.63) is 69.5 Å². The molecule has 1 aliphatic heterocycles. The van der Waals surface area contributed by atoms with Crippen LogP contribution in [0.5, 0.6) is 0 Å². The van der Waals surface area contributed by atoms with Gasteiger partial charge in [-0.1, -0.05) is 24.3 Å². The van der Waals surface area contributed by atoms with E-state index < -0.39 is 35.5 Å². The molecule has 0 saturated heterocycles. The van der Waals surface area contributed by atoms with Gasteiger partial charge in [0.2, 0.25) is 0 Å². The van der Waals surface area contributed by atoms with Gasteiger partial charge in [0.1, 0.15) is 29.2 Å². The van der Waals surface area contributed by atoms with Crippen molar-refractivity contribution in [2.45, 2.75) is 52.2 Å². The van der Waals surface area contributed by atoms with Gasteiger partial charge in [0, 0.05) is 31.3 Å². The Hall–Kier alpha value is -3.89. The number of amides is 1. The fourth-order valence-electron chi connectivity index (χ4n) is 4.39. The zero-order valence-electron chi connectivity index (χ0n) is 21.9. The van der Waals surface area contributed by atoms with E-state index in [1.807, 2.05) is 6.08 Å². The largest absolute Gasteiger partial charge is 0.444 e. The number of pyridine rings is 1. The van der Waals surface area contributed by atoms with Gasteiger partial charge >= 0.3 is 6.09 Å². The molecule has 1 amide bonds. The molecule has 0 fully saturated rings. The number of benzene rings is 1. The number of alkyl halides is 2. The maximum absolute atomic E-state index is 14.8. The lowest BCUT2D eigenvalue weighted by molar-refractivity contribution is 0.0273. The summed E-state index contributed by atoms with van der Waals surface area (Å²) in [4.78, 5) is 36.0. The highest BCUT2D eigenvalue weighted by molar-refractivity contribution is 5.90. The predicted molar refractivity (Wildman–Crippen MR) is 139 cm³/mol. The van der Waals surface area contributed by atoms with E-state index in [1.54, 1.807) is 45.7 Å². The Kier molecular flexibility index (Phi) is 7.48. The molecule has 2 aromatic heterocycles. The maximum atomic E-state index is 14.8. The Morgan fingerprint density at radius 2 is 1.89 bits per heavy atom. The van der Waals surface area contributed by atoms with Gasteiger partial charge in [-0.05, 0) is 45.8 Å². The molecule has 0 spiro atoms. The summed E-state index contributed by atoms with van der Waals surface area (Å²) in [6, 6.07) is 4.79. The van der Waals surface area contributed by atoms with E-state index in [0.29, 0.717) is 41.0 Å². The molecule has 1 aliphatic rings. The summed E-state index contributed by atoms with van der Waals surface area (Å²) in [6.45, 7) is 7.64. The van der Waals surface area contributed by atoms with Crippen molar-refractivity contribution in [3.63, 3.8) is 0 Å².